The first kappa shape index (κ1) is 12.2. The SMILES string of the molecule is NC(CNC(=O)c1csc2c1CCCC2)C1CC1. The van der Waals surface area contributed by atoms with E-state index in [-0.39, 0.29) is 11.9 Å². The standard InChI is InChI=1S/C14H20N2OS/c15-12(9-5-6-9)7-16-14(17)11-8-18-13-4-2-1-3-10(11)13/h8-9,12H,1-7,15H2,(H,16,17). The molecule has 98 valence electrons. The quantitative estimate of drug-likeness (QED) is 0.875. The summed E-state index contributed by atoms with van der Waals surface area (Å²) in [6.45, 7) is 0.619. The largest absolute Gasteiger partial charge is 0.350 e. The van der Waals surface area contributed by atoms with Gasteiger partial charge in [0.25, 0.3) is 5.91 Å². The Morgan fingerprint density at radius 2 is 2.22 bits per heavy atom. The summed E-state index contributed by atoms with van der Waals surface area (Å²) in [4.78, 5) is 13.6. The van der Waals surface area contributed by atoms with Crippen molar-refractivity contribution in [3.05, 3.63) is 21.4 Å². The van der Waals surface area contributed by atoms with E-state index in [9.17, 15) is 4.79 Å². The van der Waals surface area contributed by atoms with Gasteiger partial charge < -0.3 is 11.1 Å². The van der Waals surface area contributed by atoms with Crippen LogP contribution in [0.4, 0.5) is 0 Å². The second-order valence-electron chi connectivity index (χ2n) is 5.47. The zero-order chi connectivity index (χ0) is 12.5. The number of thiophene rings is 1. The maximum absolute atomic E-state index is 12.2. The highest BCUT2D eigenvalue weighted by Gasteiger charge is 2.29. The number of amides is 1. The van der Waals surface area contributed by atoms with Crippen LogP contribution in [0.1, 0.15) is 46.5 Å². The Bertz CT molecular complexity index is 451. The number of carbonyl (C=O) groups is 1. The molecule has 2 aliphatic carbocycles. The van der Waals surface area contributed by atoms with Gasteiger partial charge in [0.15, 0.2) is 0 Å². The summed E-state index contributed by atoms with van der Waals surface area (Å²) in [6, 6.07) is 0.142. The number of hydrogen-bond donors (Lipinski definition) is 2. The molecule has 0 aliphatic heterocycles. The van der Waals surface area contributed by atoms with Crippen molar-refractivity contribution < 1.29 is 4.79 Å². The lowest BCUT2D eigenvalue weighted by atomic mass is 9.95. The smallest absolute Gasteiger partial charge is 0.252 e. The van der Waals surface area contributed by atoms with Crippen LogP contribution in [0.15, 0.2) is 5.38 Å². The third kappa shape index (κ3) is 2.45. The summed E-state index contributed by atoms with van der Waals surface area (Å²) in [7, 11) is 0. The number of rotatable bonds is 4. The molecule has 1 atom stereocenters. The van der Waals surface area contributed by atoms with Crippen LogP contribution >= 0.6 is 11.3 Å². The fourth-order valence-electron chi connectivity index (χ4n) is 2.68. The predicted octanol–water partition coefficient (Wildman–Crippen LogP) is 2.09. The minimum Gasteiger partial charge on any atom is -0.350 e. The molecule has 2 aliphatic rings. The van der Waals surface area contributed by atoms with Gasteiger partial charge in [-0.15, -0.1) is 11.3 Å². The van der Waals surface area contributed by atoms with Crippen LogP contribution in [0.5, 0.6) is 0 Å². The van der Waals surface area contributed by atoms with Gasteiger partial charge in [0.2, 0.25) is 0 Å². The molecule has 18 heavy (non-hydrogen) atoms. The summed E-state index contributed by atoms with van der Waals surface area (Å²) in [5, 5.41) is 5.02. The molecule has 1 saturated carbocycles. The van der Waals surface area contributed by atoms with E-state index >= 15 is 0 Å². The highest BCUT2D eigenvalue weighted by Crippen LogP contribution is 2.32. The second-order valence-corrected chi connectivity index (χ2v) is 6.43. The van der Waals surface area contributed by atoms with Crippen molar-refractivity contribution in [2.75, 3.05) is 6.54 Å². The monoisotopic (exact) mass is 264 g/mol. The van der Waals surface area contributed by atoms with E-state index in [0.29, 0.717) is 12.5 Å². The number of nitrogens with two attached hydrogens (primary N) is 1. The Morgan fingerprint density at radius 3 is 3.00 bits per heavy atom. The maximum Gasteiger partial charge on any atom is 0.252 e. The molecule has 0 spiro atoms. The van der Waals surface area contributed by atoms with Crippen LogP contribution in [-0.4, -0.2) is 18.5 Å². The summed E-state index contributed by atoms with van der Waals surface area (Å²) >= 11 is 1.74. The fraction of sp³-hybridized carbons (Fsp3) is 0.643. The van der Waals surface area contributed by atoms with Gasteiger partial charge in [-0.3, -0.25) is 4.79 Å². The average molecular weight is 264 g/mol. The molecule has 1 amide bonds. The first-order valence-corrected chi connectivity index (χ1v) is 7.76. The molecule has 3 rings (SSSR count). The van der Waals surface area contributed by atoms with Crippen LogP contribution in [0, 0.1) is 5.92 Å². The predicted molar refractivity (Wildman–Crippen MR) is 74.0 cm³/mol. The van der Waals surface area contributed by atoms with E-state index in [0.717, 1.165) is 18.4 Å². The Labute approximate surface area is 112 Å². The normalized spacial score (nSPS) is 20.3. The molecule has 0 bridgehead atoms. The third-order valence-electron chi connectivity index (χ3n) is 4.03. The van der Waals surface area contributed by atoms with E-state index in [4.69, 9.17) is 5.73 Å². The van der Waals surface area contributed by atoms with Gasteiger partial charge in [0.05, 0.1) is 5.56 Å². The minimum atomic E-state index is 0.0745. The van der Waals surface area contributed by atoms with Gasteiger partial charge in [-0.2, -0.15) is 0 Å². The van der Waals surface area contributed by atoms with Gasteiger partial charge >= 0.3 is 0 Å². The Kier molecular flexibility index (Phi) is 3.39. The zero-order valence-corrected chi connectivity index (χ0v) is 11.4. The molecule has 1 heterocycles. The Hall–Kier alpha value is -0.870. The lowest BCUT2D eigenvalue weighted by Crippen LogP contribution is -2.38. The number of nitrogens with one attached hydrogen (secondary N) is 1. The molecular formula is C14H20N2OS. The number of aryl methyl sites for hydroxylation is 1. The first-order valence-electron chi connectivity index (χ1n) is 6.88. The molecule has 1 fully saturated rings. The average Bonchev–Trinajstić information content (AvgIpc) is 3.15. The van der Waals surface area contributed by atoms with E-state index in [1.807, 2.05) is 5.38 Å². The topological polar surface area (TPSA) is 55.1 Å². The number of carbonyl (C=O) groups excluding carboxylic acids is 1. The second kappa shape index (κ2) is 5.02. The Balaban J connectivity index is 1.62. The van der Waals surface area contributed by atoms with Crippen molar-refractivity contribution in [1.82, 2.24) is 5.32 Å². The van der Waals surface area contributed by atoms with E-state index in [1.54, 1.807) is 11.3 Å². The van der Waals surface area contributed by atoms with Gasteiger partial charge in [-0.05, 0) is 50.0 Å². The van der Waals surface area contributed by atoms with Gasteiger partial charge in [-0.25, -0.2) is 0 Å². The minimum absolute atomic E-state index is 0.0745. The Morgan fingerprint density at radius 1 is 1.44 bits per heavy atom. The lowest BCUT2D eigenvalue weighted by molar-refractivity contribution is 0.0949. The molecule has 0 radical (unpaired) electrons. The van der Waals surface area contributed by atoms with Crippen molar-refractivity contribution in [1.29, 1.82) is 0 Å². The summed E-state index contributed by atoms with van der Waals surface area (Å²) in [5.41, 5.74) is 8.20. The van der Waals surface area contributed by atoms with Crippen molar-refractivity contribution in [3.8, 4) is 0 Å². The summed E-state index contributed by atoms with van der Waals surface area (Å²) in [5.74, 6) is 0.715. The molecule has 1 aromatic rings. The van der Waals surface area contributed by atoms with Crippen LogP contribution in [0.3, 0.4) is 0 Å². The van der Waals surface area contributed by atoms with Crippen molar-refractivity contribution in [2.45, 2.75) is 44.6 Å². The number of fused-ring (bicyclic) bond motifs is 1. The van der Waals surface area contributed by atoms with E-state index < -0.39 is 0 Å². The van der Waals surface area contributed by atoms with Crippen molar-refractivity contribution in [3.63, 3.8) is 0 Å². The molecule has 1 aromatic heterocycles. The fourth-order valence-corrected chi connectivity index (χ4v) is 3.81. The highest BCUT2D eigenvalue weighted by molar-refractivity contribution is 7.10. The van der Waals surface area contributed by atoms with Crippen molar-refractivity contribution in [2.24, 2.45) is 11.7 Å². The molecule has 3 N–H and O–H groups in total. The molecule has 3 nitrogen and oxygen atoms in total. The van der Waals surface area contributed by atoms with Crippen LogP contribution in [-0.2, 0) is 12.8 Å². The molecule has 0 saturated heterocycles. The first-order chi connectivity index (χ1) is 8.75. The third-order valence-corrected chi connectivity index (χ3v) is 5.12. The van der Waals surface area contributed by atoms with Crippen LogP contribution in [0.25, 0.3) is 0 Å². The zero-order valence-electron chi connectivity index (χ0n) is 10.6. The van der Waals surface area contributed by atoms with Gasteiger partial charge in [0, 0.05) is 22.8 Å². The summed E-state index contributed by atoms with van der Waals surface area (Å²) < 4.78 is 0. The van der Waals surface area contributed by atoms with Crippen LogP contribution in [0.2, 0.25) is 0 Å². The number of hydrogen-bond acceptors (Lipinski definition) is 3. The van der Waals surface area contributed by atoms with Gasteiger partial charge in [-0.1, -0.05) is 0 Å². The molecule has 4 heteroatoms. The highest BCUT2D eigenvalue weighted by atomic mass is 32.1. The van der Waals surface area contributed by atoms with E-state index in [2.05, 4.69) is 5.32 Å². The van der Waals surface area contributed by atoms with Crippen molar-refractivity contribution >= 4 is 17.2 Å². The van der Waals surface area contributed by atoms with E-state index in [1.165, 1.54) is 36.1 Å². The molecule has 1 unspecified atom stereocenters. The molecule has 0 aromatic carbocycles. The van der Waals surface area contributed by atoms with Crippen LogP contribution < -0.4 is 11.1 Å². The maximum atomic E-state index is 12.2. The molecular weight excluding hydrogens is 244 g/mol. The summed E-state index contributed by atoms with van der Waals surface area (Å²) in [6.07, 6.45) is 7.15. The lowest BCUT2D eigenvalue weighted by Gasteiger charge is -2.14. The van der Waals surface area contributed by atoms with Gasteiger partial charge in [0.1, 0.15) is 0 Å².